The number of carbonyl (C=O) groups is 3. The van der Waals surface area contributed by atoms with Gasteiger partial charge in [0.1, 0.15) is 17.5 Å². The summed E-state index contributed by atoms with van der Waals surface area (Å²) < 4.78 is 5.50. The van der Waals surface area contributed by atoms with Crippen LogP contribution in [0, 0.1) is 34.5 Å². The van der Waals surface area contributed by atoms with Crippen LogP contribution in [0.1, 0.15) is 72.6 Å². The van der Waals surface area contributed by atoms with Gasteiger partial charge in [-0.25, -0.2) is 0 Å². The fraction of sp³-hybridized carbons (Fsp3) is 0.870. The standard InChI is InChI=1S/C23H33BrO5/c1-12(25)23(28)19(24)10-17-16-6-5-14-9-15(29-13(2)26)7-8-21(14,3)20(16)18(27)11-22(17,23)4/h14-17,19-20,28H,5-11H2,1-4H3/t14?,15-,16+,17+,19-,20-,21+,22+,23-/m1/s1. The number of carbonyl (C=O) groups excluding carboxylic acids is 3. The Balaban J connectivity index is 1.65. The average Bonchev–Trinajstić information content (AvgIpc) is 2.82. The maximum absolute atomic E-state index is 13.6. The number of ether oxygens (including phenoxy) is 1. The van der Waals surface area contributed by atoms with Crippen molar-refractivity contribution in [1.29, 1.82) is 0 Å². The minimum Gasteiger partial charge on any atom is -0.463 e. The Kier molecular flexibility index (Phi) is 5.09. The molecule has 4 saturated carbocycles. The van der Waals surface area contributed by atoms with Gasteiger partial charge in [-0.1, -0.05) is 29.8 Å². The third-order valence-electron chi connectivity index (χ3n) is 9.35. The van der Waals surface area contributed by atoms with E-state index in [-0.39, 0.29) is 58.1 Å². The fourth-order valence-electron chi connectivity index (χ4n) is 7.97. The van der Waals surface area contributed by atoms with Gasteiger partial charge in [-0.3, -0.25) is 14.4 Å². The number of aliphatic hydroxyl groups is 1. The first-order valence-electron chi connectivity index (χ1n) is 11.0. The SMILES string of the molecule is CC(=O)O[C@@H]1CC[C@@]2(C)C(CC[C@@H]3[C@@H]2C(=O)C[C@@]2(C)[C@H]3C[C@@H](Br)[C@]2(O)C(C)=O)C1. The van der Waals surface area contributed by atoms with Crippen molar-refractivity contribution in [3.05, 3.63) is 0 Å². The molecular formula is C23H33BrO5. The Morgan fingerprint density at radius 2 is 1.83 bits per heavy atom. The van der Waals surface area contributed by atoms with E-state index >= 15 is 0 Å². The summed E-state index contributed by atoms with van der Waals surface area (Å²) in [5.41, 5.74) is -2.27. The van der Waals surface area contributed by atoms with E-state index in [1.807, 2.05) is 6.92 Å². The largest absolute Gasteiger partial charge is 0.463 e. The molecule has 0 heterocycles. The molecule has 0 aromatic rings. The summed E-state index contributed by atoms with van der Waals surface area (Å²) in [6.45, 7) is 7.13. The number of rotatable bonds is 2. The van der Waals surface area contributed by atoms with Gasteiger partial charge in [0, 0.05) is 24.7 Å². The molecule has 0 amide bonds. The second-order valence-corrected chi connectivity index (χ2v) is 11.7. The third kappa shape index (κ3) is 2.84. The summed E-state index contributed by atoms with van der Waals surface area (Å²) in [6, 6.07) is 0. The third-order valence-corrected chi connectivity index (χ3v) is 10.4. The molecule has 4 aliphatic carbocycles. The number of alkyl halides is 1. The van der Waals surface area contributed by atoms with Crippen LogP contribution in [0.25, 0.3) is 0 Å². The van der Waals surface area contributed by atoms with E-state index in [1.54, 1.807) is 0 Å². The minimum atomic E-state index is -1.48. The number of halogens is 1. The average molecular weight is 469 g/mol. The van der Waals surface area contributed by atoms with Crippen LogP contribution in [0.4, 0.5) is 0 Å². The van der Waals surface area contributed by atoms with Crippen molar-refractivity contribution in [2.45, 2.75) is 89.2 Å². The molecule has 0 radical (unpaired) electrons. The summed E-state index contributed by atoms with van der Waals surface area (Å²) in [6.07, 6.45) is 5.46. The lowest BCUT2D eigenvalue weighted by molar-refractivity contribution is -0.180. The van der Waals surface area contributed by atoms with E-state index in [0.29, 0.717) is 5.92 Å². The number of fused-ring (bicyclic) bond motifs is 5. The molecule has 0 aliphatic heterocycles. The van der Waals surface area contributed by atoms with Crippen LogP contribution in [0.2, 0.25) is 0 Å². The van der Waals surface area contributed by atoms with Crippen molar-refractivity contribution in [2.75, 3.05) is 0 Å². The molecule has 1 unspecified atom stereocenters. The second-order valence-electron chi connectivity index (χ2n) is 10.6. The van der Waals surface area contributed by atoms with Gasteiger partial charge < -0.3 is 9.84 Å². The predicted octanol–water partition coefficient (Wildman–Crippen LogP) is 3.83. The first kappa shape index (κ1) is 21.5. The number of Topliss-reactive ketones (excluding diaryl/α,β-unsaturated/α-hetero) is 2. The molecule has 0 spiro atoms. The van der Waals surface area contributed by atoms with Gasteiger partial charge in [0.15, 0.2) is 5.78 Å². The lowest BCUT2D eigenvalue weighted by Gasteiger charge is -2.60. The predicted molar refractivity (Wildman–Crippen MR) is 111 cm³/mol. The highest BCUT2D eigenvalue weighted by atomic mass is 79.9. The summed E-state index contributed by atoms with van der Waals surface area (Å²) >= 11 is 3.61. The highest BCUT2D eigenvalue weighted by molar-refractivity contribution is 9.09. The zero-order chi connectivity index (χ0) is 21.4. The summed E-state index contributed by atoms with van der Waals surface area (Å²) in [7, 11) is 0. The van der Waals surface area contributed by atoms with E-state index in [1.165, 1.54) is 13.8 Å². The topological polar surface area (TPSA) is 80.7 Å². The maximum atomic E-state index is 13.6. The van der Waals surface area contributed by atoms with E-state index < -0.39 is 11.0 Å². The molecular weight excluding hydrogens is 436 g/mol. The molecule has 4 rings (SSSR count). The summed E-state index contributed by atoms with van der Waals surface area (Å²) in [5.74, 6) is 0.475. The highest BCUT2D eigenvalue weighted by Gasteiger charge is 2.71. The zero-order valence-electron chi connectivity index (χ0n) is 17.9. The van der Waals surface area contributed by atoms with E-state index in [4.69, 9.17) is 4.74 Å². The molecule has 1 N–H and O–H groups in total. The number of hydrogen-bond donors (Lipinski definition) is 1. The van der Waals surface area contributed by atoms with Crippen LogP contribution in [-0.2, 0) is 19.1 Å². The van der Waals surface area contributed by atoms with Crippen LogP contribution >= 0.6 is 15.9 Å². The van der Waals surface area contributed by atoms with Gasteiger partial charge in [0.05, 0.1) is 4.83 Å². The van der Waals surface area contributed by atoms with E-state index in [0.717, 1.165) is 38.5 Å². The number of ketones is 2. The first-order valence-corrected chi connectivity index (χ1v) is 11.9. The van der Waals surface area contributed by atoms with Crippen molar-refractivity contribution in [3.63, 3.8) is 0 Å². The zero-order valence-corrected chi connectivity index (χ0v) is 19.5. The van der Waals surface area contributed by atoms with Gasteiger partial charge in [-0.05, 0) is 68.6 Å². The molecule has 5 nitrogen and oxygen atoms in total. The molecule has 0 aromatic heterocycles. The van der Waals surface area contributed by atoms with Gasteiger partial charge in [0.25, 0.3) is 0 Å². The molecule has 4 aliphatic rings. The Morgan fingerprint density at radius 1 is 1.14 bits per heavy atom. The highest BCUT2D eigenvalue weighted by Crippen LogP contribution is 2.68. The molecule has 0 saturated heterocycles. The number of hydrogen-bond acceptors (Lipinski definition) is 5. The van der Waals surface area contributed by atoms with Crippen molar-refractivity contribution >= 4 is 33.5 Å². The molecule has 29 heavy (non-hydrogen) atoms. The molecule has 4 fully saturated rings. The lowest BCUT2D eigenvalue weighted by Crippen LogP contribution is -2.62. The van der Waals surface area contributed by atoms with Crippen LogP contribution in [0.3, 0.4) is 0 Å². The second kappa shape index (κ2) is 6.88. The Labute approximate surface area is 181 Å². The summed E-state index contributed by atoms with van der Waals surface area (Å²) in [5, 5.41) is 11.4. The Bertz CT molecular complexity index is 752. The van der Waals surface area contributed by atoms with Crippen molar-refractivity contribution in [2.24, 2.45) is 34.5 Å². The van der Waals surface area contributed by atoms with Crippen molar-refractivity contribution in [1.82, 2.24) is 0 Å². The van der Waals surface area contributed by atoms with Crippen LogP contribution in [0.15, 0.2) is 0 Å². The van der Waals surface area contributed by atoms with Crippen molar-refractivity contribution < 1.29 is 24.2 Å². The maximum Gasteiger partial charge on any atom is 0.302 e. The quantitative estimate of drug-likeness (QED) is 0.491. The normalized spacial score (nSPS) is 51.6. The Morgan fingerprint density at radius 3 is 2.45 bits per heavy atom. The summed E-state index contributed by atoms with van der Waals surface area (Å²) in [4.78, 5) is 37.2. The van der Waals surface area contributed by atoms with Crippen LogP contribution in [0.5, 0.6) is 0 Å². The number of esters is 1. The van der Waals surface area contributed by atoms with Gasteiger partial charge in [0.2, 0.25) is 0 Å². The molecule has 6 heteroatoms. The van der Waals surface area contributed by atoms with Crippen molar-refractivity contribution in [3.8, 4) is 0 Å². The monoisotopic (exact) mass is 468 g/mol. The molecule has 162 valence electrons. The van der Waals surface area contributed by atoms with Gasteiger partial charge in [-0.15, -0.1) is 0 Å². The van der Waals surface area contributed by atoms with Gasteiger partial charge in [-0.2, -0.15) is 0 Å². The first-order chi connectivity index (χ1) is 13.4. The van der Waals surface area contributed by atoms with E-state index in [2.05, 4.69) is 22.9 Å². The van der Waals surface area contributed by atoms with Crippen LogP contribution < -0.4 is 0 Å². The molecule has 0 bridgehead atoms. The Hall–Kier alpha value is -0.750. The lowest BCUT2D eigenvalue weighted by atomic mass is 9.44. The minimum absolute atomic E-state index is 0.0217. The fourth-order valence-corrected chi connectivity index (χ4v) is 9.22. The molecule has 9 atom stereocenters. The smallest absolute Gasteiger partial charge is 0.302 e. The van der Waals surface area contributed by atoms with Crippen LogP contribution in [-0.4, -0.2) is 39.2 Å². The van der Waals surface area contributed by atoms with Gasteiger partial charge >= 0.3 is 5.97 Å². The molecule has 0 aromatic carbocycles. The van der Waals surface area contributed by atoms with E-state index in [9.17, 15) is 19.5 Å².